The molecule has 162 valence electrons. The number of halogens is 2. The van der Waals surface area contributed by atoms with Gasteiger partial charge in [0.05, 0.1) is 11.6 Å². The average Bonchev–Trinajstić information content (AvgIpc) is 3.47. The van der Waals surface area contributed by atoms with Crippen molar-refractivity contribution < 1.29 is 0 Å². The number of aryl methyl sites for hydroxylation is 2. The molecular formula is C21H24Cl2N8. The summed E-state index contributed by atoms with van der Waals surface area (Å²) in [6.07, 6.45) is 5.12. The second-order valence-electron chi connectivity index (χ2n) is 7.37. The molecule has 3 aromatic heterocycles. The van der Waals surface area contributed by atoms with Crippen LogP contribution in [0.2, 0.25) is 10.2 Å². The highest BCUT2D eigenvalue weighted by molar-refractivity contribution is 6.36. The molecule has 3 heterocycles. The van der Waals surface area contributed by atoms with Crippen molar-refractivity contribution in [2.75, 3.05) is 0 Å². The molecule has 1 aromatic carbocycles. The zero-order valence-corrected chi connectivity index (χ0v) is 19.0. The highest BCUT2D eigenvalue weighted by atomic mass is 35.5. The van der Waals surface area contributed by atoms with E-state index in [2.05, 4.69) is 46.6 Å². The summed E-state index contributed by atoms with van der Waals surface area (Å²) in [7, 11) is 0. The highest BCUT2D eigenvalue weighted by Gasteiger charge is 2.19. The van der Waals surface area contributed by atoms with Gasteiger partial charge in [-0.05, 0) is 47.0 Å². The molecule has 4 rings (SSSR count). The largest absolute Gasteiger partial charge is 0.296 e. The molecule has 0 fully saturated rings. The zero-order chi connectivity index (χ0) is 21.8. The molecule has 0 amide bonds. The Morgan fingerprint density at radius 3 is 2.52 bits per heavy atom. The first kappa shape index (κ1) is 21.5. The molecule has 0 radical (unpaired) electrons. The first-order valence-electron chi connectivity index (χ1n) is 10.4. The van der Waals surface area contributed by atoms with Gasteiger partial charge < -0.3 is 0 Å². The second-order valence-corrected chi connectivity index (χ2v) is 8.17. The van der Waals surface area contributed by atoms with Crippen LogP contribution in [0, 0.1) is 0 Å². The Kier molecular flexibility index (Phi) is 6.67. The van der Waals surface area contributed by atoms with E-state index in [1.165, 1.54) is 0 Å². The summed E-state index contributed by atoms with van der Waals surface area (Å²) in [6, 6.07) is 9.81. The van der Waals surface area contributed by atoms with Crippen LogP contribution in [0.5, 0.6) is 0 Å². The van der Waals surface area contributed by atoms with E-state index in [-0.39, 0.29) is 0 Å². The smallest absolute Gasteiger partial charge is 0.198 e. The second kappa shape index (κ2) is 9.62. The number of hydrogen-bond acceptors (Lipinski definition) is 5. The molecule has 4 aromatic rings. The van der Waals surface area contributed by atoms with Crippen molar-refractivity contribution in [1.29, 1.82) is 0 Å². The predicted molar refractivity (Wildman–Crippen MR) is 121 cm³/mol. The van der Waals surface area contributed by atoms with Crippen LogP contribution >= 0.6 is 23.2 Å². The molecule has 0 bridgehead atoms. The third kappa shape index (κ3) is 4.65. The Hall–Kier alpha value is -2.71. The van der Waals surface area contributed by atoms with Gasteiger partial charge in [-0.3, -0.25) is 4.57 Å². The monoisotopic (exact) mass is 458 g/mol. The quantitative estimate of drug-likeness (QED) is 0.385. The summed E-state index contributed by atoms with van der Waals surface area (Å²) in [5, 5.41) is 19.7. The van der Waals surface area contributed by atoms with E-state index < -0.39 is 0 Å². The maximum absolute atomic E-state index is 6.45. The fourth-order valence-corrected chi connectivity index (χ4v) is 4.13. The van der Waals surface area contributed by atoms with Gasteiger partial charge in [-0.15, -0.1) is 5.10 Å². The molecule has 0 aliphatic heterocycles. The Labute approximate surface area is 190 Å². The summed E-state index contributed by atoms with van der Waals surface area (Å²) < 4.78 is 3.85. The van der Waals surface area contributed by atoms with E-state index >= 15 is 0 Å². The molecule has 0 spiro atoms. The number of nitrogens with one attached hydrogen (secondary N) is 1. The lowest BCUT2D eigenvalue weighted by Crippen LogP contribution is -2.07. The van der Waals surface area contributed by atoms with Crippen LogP contribution in [-0.2, 0) is 19.4 Å². The first-order valence-corrected chi connectivity index (χ1v) is 11.2. The predicted octanol–water partition coefficient (Wildman–Crippen LogP) is 4.90. The van der Waals surface area contributed by atoms with Gasteiger partial charge in [0.25, 0.3) is 0 Å². The van der Waals surface area contributed by atoms with Crippen molar-refractivity contribution in [3.05, 3.63) is 57.7 Å². The Morgan fingerprint density at radius 2 is 1.84 bits per heavy atom. The van der Waals surface area contributed by atoms with Crippen LogP contribution in [-0.4, -0.2) is 40.0 Å². The van der Waals surface area contributed by atoms with Crippen LogP contribution in [0.3, 0.4) is 0 Å². The fraction of sp³-hybridized carbons (Fsp3) is 0.381. The summed E-state index contributed by atoms with van der Waals surface area (Å²) in [5.41, 5.74) is 2.61. The number of rotatable bonds is 9. The maximum Gasteiger partial charge on any atom is 0.198 e. The summed E-state index contributed by atoms with van der Waals surface area (Å²) >= 11 is 12.8. The van der Waals surface area contributed by atoms with Crippen molar-refractivity contribution in [2.45, 2.75) is 52.5 Å². The summed E-state index contributed by atoms with van der Waals surface area (Å²) in [4.78, 5) is 4.75. The number of unbranched alkanes of at least 4 members (excludes halogenated alkanes) is 1. The zero-order valence-electron chi connectivity index (χ0n) is 17.5. The van der Waals surface area contributed by atoms with E-state index in [4.69, 9.17) is 33.3 Å². The van der Waals surface area contributed by atoms with Gasteiger partial charge in [0, 0.05) is 18.5 Å². The molecule has 0 atom stereocenters. The molecule has 10 heteroatoms. The van der Waals surface area contributed by atoms with Gasteiger partial charge in [0.15, 0.2) is 11.6 Å². The van der Waals surface area contributed by atoms with Crippen LogP contribution in [0.15, 0.2) is 30.3 Å². The van der Waals surface area contributed by atoms with Crippen LogP contribution in [0.25, 0.3) is 17.2 Å². The van der Waals surface area contributed by atoms with Crippen molar-refractivity contribution >= 4 is 23.2 Å². The van der Waals surface area contributed by atoms with Gasteiger partial charge in [-0.25, -0.2) is 14.8 Å². The number of aromatic amines is 1. The molecule has 0 unspecified atom stereocenters. The lowest BCUT2D eigenvalue weighted by atomic mass is 10.2. The Bertz CT molecular complexity index is 1130. The van der Waals surface area contributed by atoms with Gasteiger partial charge in [0.2, 0.25) is 0 Å². The molecule has 0 saturated carbocycles. The molecule has 0 aliphatic carbocycles. The number of tetrazole rings is 1. The number of H-pyrrole nitrogens is 1. The van der Waals surface area contributed by atoms with E-state index in [0.717, 1.165) is 55.0 Å². The molecular weight excluding hydrogens is 435 g/mol. The SMILES string of the molecule is CCCCc1nc(CCC)nn1Cc1ccc(-n2c(Cl)cc(Cl)c2-c2nnn[nH]2)cc1. The highest BCUT2D eigenvalue weighted by Crippen LogP contribution is 2.34. The van der Waals surface area contributed by atoms with Crippen molar-refractivity contribution in [3.63, 3.8) is 0 Å². The molecule has 0 saturated heterocycles. The fourth-order valence-electron chi connectivity index (χ4n) is 3.51. The molecule has 31 heavy (non-hydrogen) atoms. The van der Waals surface area contributed by atoms with Gasteiger partial charge in [0.1, 0.15) is 16.7 Å². The van der Waals surface area contributed by atoms with E-state index in [0.29, 0.717) is 28.2 Å². The molecule has 8 nitrogen and oxygen atoms in total. The third-order valence-electron chi connectivity index (χ3n) is 5.03. The van der Waals surface area contributed by atoms with E-state index in [1.54, 1.807) is 6.07 Å². The average molecular weight is 459 g/mol. The van der Waals surface area contributed by atoms with Gasteiger partial charge >= 0.3 is 0 Å². The maximum atomic E-state index is 6.45. The number of nitrogens with zero attached hydrogens (tertiary/aromatic N) is 7. The lowest BCUT2D eigenvalue weighted by molar-refractivity contribution is 0.613. The van der Waals surface area contributed by atoms with Crippen LogP contribution in [0.1, 0.15) is 50.3 Å². The van der Waals surface area contributed by atoms with Crippen LogP contribution < -0.4 is 0 Å². The first-order chi connectivity index (χ1) is 15.1. The van der Waals surface area contributed by atoms with Crippen molar-refractivity contribution in [3.8, 4) is 17.2 Å². The van der Waals surface area contributed by atoms with Gasteiger partial charge in [-0.2, -0.15) is 5.10 Å². The van der Waals surface area contributed by atoms with E-state index in [1.807, 2.05) is 21.4 Å². The van der Waals surface area contributed by atoms with Crippen LogP contribution in [0.4, 0.5) is 0 Å². The molecule has 1 N–H and O–H groups in total. The minimum absolute atomic E-state index is 0.451. The summed E-state index contributed by atoms with van der Waals surface area (Å²) in [6.45, 7) is 5.01. The summed E-state index contributed by atoms with van der Waals surface area (Å²) in [5.74, 6) is 2.42. The number of benzene rings is 1. The number of aromatic nitrogens is 8. The Balaban J connectivity index is 1.61. The van der Waals surface area contributed by atoms with Gasteiger partial charge in [-0.1, -0.05) is 55.6 Å². The lowest BCUT2D eigenvalue weighted by Gasteiger charge is -2.11. The molecule has 0 aliphatic rings. The number of hydrogen-bond donors (Lipinski definition) is 1. The van der Waals surface area contributed by atoms with E-state index in [9.17, 15) is 0 Å². The van der Waals surface area contributed by atoms with Crippen molar-refractivity contribution in [1.82, 2.24) is 40.0 Å². The standard InChI is InChI=1S/C21H24Cl2N8/c1-3-5-7-19-24-18(6-4-2)27-30(19)13-14-8-10-15(11-9-14)31-17(23)12-16(22)20(31)21-25-28-29-26-21/h8-12H,3-7,13H2,1-2H3,(H,25,26,28,29). The van der Waals surface area contributed by atoms with Crippen molar-refractivity contribution in [2.24, 2.45) is 0 Å². The topological polar surface area (TPSA) is 90.1 Å². The third-order valence-corrected chi connectivity index (χ3v) is 5.59. The minimum Gasteiger partial charge on any atom is -0.296 e. The normalized spacial score (nSPS) is 11.4. The minimum atomic E-state index is 0.451. The Morgan fingerprint density at radius 1 is 1.03 bits per heavy atom.